The van der Waals surface area contributed by atoms with Crippen LogP contribution in [-0.2, 0) is 9.47 Å². The molecule has 0 aromatic rings. The van der Waals surface area contributed by atoms with Gasteiger partial charge in [0, 0.05) is 42.0 Å². The van der Waals surface area contributed by atoms with E-state index in [0.717, 1.165) is 19.0 Å². The van der Waals surface area contributed by atoms with E-state index >= 15 is 0 Å². The Morgan fingerprint density at radius 2 is 2.27 bits per heavy atom. The van der Waals surface area contributed by atoms with Crippen molar-refractivity contribution in [1.82, 2.24) is 3.11 Å². The largest absolute Gasteiger partial charge is 0.499 e. The Balaban J connectivity index is 1.64. The van der Waals surface area contributed by atoms with Gasteiger partial charge in [0.2, 0.25) is 0 Å². The molecule has 2 unspecified atom stereocenters. The molecule has 82 valence electrons. The van der Waals surface area contributed by atoms with Crippen molar-refractivity contribution in [2.24, 2.45) is 5.92 Å². The Labute approximate surface area is 106 Å². The molecule has 1 saturated carbocycles. The zero-order chi connectivity index (χ0) is 10.7. The van der Waals surface area contributed by atoms with Gasteiger partial charge in [-0.25, -0.2) is 3.11 Å². The maximum absolute atomic E-state index is 5.74. The lowest BCUT2D eigenvalue weighted by Gasteiger charge is -2.33. The lowest BCUT2D eigenvalue weighted by atomic mass is 9.98. The standard InChI is InChI=1S/C10H15BINO2/c11-10-6-13(12)5-9(15-10)7-14-4-3-8-1-2-8/h3-4,8-10H,1-2,5-7H2. The Morgan fingerprint density at radius 3 is 2.93 bits per heavy atom. The van der Waals surface area contributed by atoms with Gasteiger partial charge < -0.3 is 9.47 Å². The Bertz CT molecular complexity index is 225. The molecule has 5 heteroatoms. The van der Waals surface area contributed by atoms with E-state index in [9.17, 15) is 0 Å². The third-order valence-corrected chi connectivity index (χ3v) is 3.29. The molecular weight excluding hydrogens is 304 g/mol. The van der Waals surface area contributed by atoms with E-state index in [1.165, 1.54) is 12.8 Å². The third kappa shape index (κ3) is 4.32. The summed E-state index contributed by atoms with van der Waals surface area (Å²) in [4.78, 5) is 0. The summed E-state index contributed by atoms with van der Waals surface area (Å²) in [6, 6.07) is -0.184. The number of halogens is 1. The van der Waals surface area contributed by atoms with Crippen LogP contribution in [0.4, 0.5) is 0 Å². The minimum Gasteiger partial charge on any atom is -0.499 e. The van der Waals surface area contributed by atoms with Crippen LogP contribution in [-0.4, -0.2) is 42.8 Å². The lowest BCUT2D eigenvalue weighted by molar-refractivity contribution is -0.0461. The van der Waals surface area contributed by atoms with Crippen molar-refractivity contribution >= 4 is 30.7 Å². The molecule has 3 nitrogen and oxygen atoms in total. The highest BCUT2D eigenvalue weighted by Gasteiger charge is 2.23. The van der Waals surface area contributed by atoms with Crippen LogP contribution in [0.25, 0.3) is 0 Å². The van der Waals surface area contributed by atoms with Crippen molar-refractivity contribution in [3.05, 3.63) is 12.3 Å². The number of morpholine rings is 1. The summed E-state index contributed by atoms with van der Waals surface area (Å²) in [5.74, 6) is 0.764. The van der Waals surface area contributed by atoms with Gasteiger partial charge in [0.15, 0.2) is 0 Å². The number of ether oxygens (including phenoxy) is 2. The zero-order valence-corrected chi connectivity index (χ0v) is 10.8. The highest BCUT2D eigenvalue weighted by Crippen LogP contribution is 2.29. The molecule has 2 fully saturated rings. The van der Waals surface area contributed by atoms with Crippen molar-refractivity contribution in [2.75, 3.05) is 19.7 Å². The maximum Gasteiger partial charge on any atom is 0.115 e. The van der Waals surface area contributed by atoms with Crippen molar-refractivity contribution in [3.8, 4) is 0 Å². The first-order chi connectivity index (χ1) is 7.24. The molecule has 0 bridgehead atoms. The van der Waals surface area contributed by atoms with Crippen LogP contribution in [0.1, 0.15) is 12.8 Å². The van der Waals surface area contributed by atoms with Crippen LogP contribution in [0.3, 0.4) is 0 Å². The molecule has 0 aromatic carbocycles. The molecule has 1 aliphatic carbocycles. The van der Waals surface area contributed by atoms with E-state index in [1.54, 1.807) is 6.26 Å². The molecule has 0 aromatic heterocycles. The molecular formula is C10H15BINO2. The van der Waals surface area contributed by atoms with Crippen LogP contribution < -0.4 is 0 Å². The van der Waals surface area contributed by atoms with E-state index in [0.29, 0.717) is 6.61 Å². The summed E-state index contributed by atoms with van der Waals surface area (Å²) in [6.07, 6.45) is 6.65. The van der Waals surface area contributed by atoms with Crippen molar-refractivity contribution < 1.29 is 9.47 Å². The van der Waals surface area contributed by atoms with Crippen LogP contribution in [0, 0.1) is 5.92 Å². The molecule has 1 aliphatic heterocycles. The fraction of sp³-hybridized carbons (Fsp3) is 0.800. The van der Waals surface area contributed by atoms with Gasteiger partial charge in [-0.1, -0.05) is 0 Å². The maximum atomic E-state index is 5.74. The molecule has 0 N–H and O–H groups in total. The average Bonchev–Trinajstić information content (AvgIpc) is 2.94. The number of hydrogen-bond acceptors (Lipinski definition) is 3. The number of hydrogen-bond donors (Lipinski definition) is 0. The summed E-state index contributed by atoms with van der Waals surface area (Å²) < 4.78 is 13.1. The van der Waals surface area contributed by atoms with E-state index in [4.69, 9.17) is 17.3 Å². The normalized spacial score (nSPS) is 33.4. The lowest BCUT2D eigenvalue weighted by Crippen LogP contribution is -2.45. The van der Waals surface area contributed by atoms with Crippen molar-refractivity contribution in [1.29, 1.82) is 0 Å². The molecule has 2 rings (SSSR count). The number of rotatable bonds is 4. The fourth-order valence-electron chi connectivity index (χ4n) is 1.53. The summed E-state index contributed by atoms with van der Waals surface area (Å²) in [6.45, 7) is 2.26. The summed E-state index contributed by atoms with van der Waals surface area (Å²) in [5, 5.41) is 0. The highest BCUT2D eigenvalue weighted by molar-refractivity contribution is 14.1. The van der Waals surface area contributed by atoms with Gasteiger partial charge in [-0.15, -0.1) is 0 Å². The fourth-order valence-corrected chi connectivity index (χ4v) is 2.36. The van der Waals surface area contributed by atoms with Gasteiger partial charge >= 0.3 is 0 Å². The first-order valence-corrected chi connectivity index (χ1v) is 6.30. The quantitative estimate of drug-likeness (QED) is 0.339. The van der Waals surface area contributed by atoms with Crippen LogP contribution in [0.2, 0.25) is 0 Å². The highest BCUT2D eigenvalue weighted by atomic mass is 127. The van der Waals surface area contributed by atoms with E-state index in [1.807, 2.05) is 0 Å². The van der Waals surface area contributed by atoms with Crippen LogP contribution >= 0.6 is 22.9 Å². The van der Waals surface area contributed by atoms with Gasteiger partial charge in [0.25, 0.3) is 0 Å². The predicted octanol–water partition coefficient (Wildman–Crippen LogP) is 1.47. The van der Waals surface area contributed by atoms with Crippen molar-refractivity contribution in [3.63, 3.8) is 0 Å². The minimum atomic E-state index is -0.184. The smallest absolute Gasteiger partial charge is 0.115 e. The van der Waals surface area contributed by atoms with Gasteiger partial charge in [0.05, 0.1) is 6.26 Å². The summed E-state index contributed by atoms with van der Waals surface area (Å²) in [7, 11) is 5.74. The SMILES string of the molecule is [B]C1CN(I)CC(COC=CC2CC2)O1. The Morgan fingerprint density at radius 1 is 1.47 bits per heavy atom. The van der Waals surface area contributed by atoms with E-state index in [2.05, 4.69) is 32.1 Å². The van der Waals surface area contributed by atoms with Crippen LogP contribution in [0.5, 0.6) is 0 Å². The summed E-state index contributed by atoms with van der Waals surface area (Å²) >= 11 is 2.27. The molecule has 1 saturated heterocycles. The second-order valence-electron chi connectivity index (χ2n) is 4.12. The molecule has 2 atom stereocenters. The summed E-state index contributed by atoms with van der Waals surface area (Å²) in [5.41, 5.74) is 0. The molecule has 0 amide bonds. The van der Waals surface area contributed by atoms with Crippen LogP contribution in [0.15, 0.2) is 12.3 Å². The van der Waals surface area contributed by atoms with E-state index in [-0.39, 0.29) is 12.1 Å². The zero-order valence-electron chi connectivity index (χ0n) is 8.64. The van der Waals surface area contributed by atoms with Gasteiger partial charge in [-0.05, 0) is 24.8 Å². The van der Waals surface area contributed by atoms with E-state index < -0.39 is 0 Å². The van der Waals surface area contributed by atoms with Crippen molar-refractivity contribution in [2.45, 2.75) is 24.9 Å². The Hall–Kier alpha value is 0.255. The Kier molecular flexibility index (Phi) is 4.34. The third-order valence-electron chi connectivity index (χ3n) is 2.50. The predicted molar refractivity (Wildman–Crippen MR) is 67.8 cm³/mol. The first-order valence-electron chi connectivity index (χ1n) is 5.34. The first kappa shape index (κ1) is 11.7. The number of nitrogens with zero attached hydrogens (tertiary/aromatic N) is 1. The molecule has 1 heterocycles. The minimum absolute atomic E-state index is 0.0921. The molecule has 2 aliphatic rings. The second kappa shape index (κ2) is 5.54. The molecule has 2 radical (unpaired) electrons. The second-order valence-corrected chi connectivity index (χ2v) is 5.49. The monoisotopic (exact) mass is 319 g/mol. The van der Waals surface area contributed by atoms with Gasteiger partial charge in [0.1, 0.15) is 20.6 Å². The topological polar surface area (TPSA) is 21.7 Å². The molecule has 15 heavy (non-hydrogen) atoms. The van der Waals surface area contributed by atoms with Gasteiger partial charge in [-0.3, -0.25) is 0 Å². The number of allylic oxidation sites excluding steroid dienone is 1. The molecule has 0 spiro atoms. The van der Waals surface area contributed by atoms with Gasteiger partial charge in [-0.2, -0.15) is 0 Å². The average molecular weight is 319 g/mol.